The van der Waals surface area contributed by atoms with Crippen LogP contribution in [0, 0.1) is 5.92 Å². The Hall–Kier alpha value is -0.630. The molecule has 1 saturated carbocycles. The van der Waals surface area contributed by atoms with Crippen molar-refractivity contribution in [3.8, 4) is 0 Å². The maximum atomic E-state index is 12.3. The number of rotatable bonds is 4. The number of halogens is 1. The van der Waals surface area contributed by atoms with Crippen LogP contribution < -0.4 is 10.5 Å². The minimum absolute atomic E-state index is 0.0373. The molecule has 0 heterocycles. The number of hydrogen-bond donors (Lipinski definition) is 3. The molecule has 4 N–H and O–H groups in total. The zero-order valence-corrected chi connectivity index (χ0v) is 14.4. The highest BCUT2D eigenvalue weighted by Crippen LogP contribution is 2.32. The molecule has 0 bridgehead atoms. The summed E-state index contributed by atoms with van der Waals surface area (Å²) in [5.41, 5.74) is 5.12. The Morgan fingerprint density at radius 3 is 2.86 bits per heavy atom. The van der Waals surface area contributed by atoms with Gasteiger partial charge in [0.1, 0.15) is 0 Å². The maximum Gasteiger partial charge on any atom is 0.240 e. The van der Waals surface area contributed by atoms with Gasteiger partial charge in [0.05, 0.1) is 10.5 Å². The number of sulfonamides is 1. The molecule has 2 unspecified atom stereocenters. The van der Waals surface area contributed by atoms with Gasteiger partial charge in [0.15, 0.2) is 0 Å². The molecule has 1 aliphatic rings. The van der Waals surface area contributed by atoms with Crippen molar-refractivity contribution < 1.29 is 13.5 Å². The number of nitrogen functional groups attached to an aromatic ring is 1. The number of nitrogens with two attached hydrogens (primary N) is 1. The smallest absolute Gasteiger partial charge is 0.240 e. The Morgan fingerprint density at radius 2 is 2.24 bits per heavy atom. The molecule has 1 aromatic carbocycles. The van der Waals surface area contributed by atoms with Crippen LogP contribution in [0.3, 0.4) is 0 Å². The number of benzene rings is 1. The van der Waals surface area contributed by atoms with E-state index in [4.69, 9.17) is 5.73 Å². The molecule has 1 aromatic rings. The van der Waals surface area contributed by atoms with Gasteiger partial charge >= 0.3 is 0 Å². The van der Waals surface area contributed by atoms with Crippen molar-refractivity contribution in [3.05, 3.63) is 22.7 Å². The van der Waals surface area contributed by atoms with Gasteiger partial charge in [-0.1, -0.05) is 19.8 Å². The van der Waals surface area contributed by atoms with E-state index in [9.17, 15) is 13.5 Å². The number of aliphatic hydroxyl groups is 1. The summed E-state index contributed by atoms with van der Waals surface area (Å²) in [5.74, 6) is 0.413. The SMILES string of the molecule is CC1CCCC(O)(CNS(=O)(=O)c2ccc(Br)c(N)c2)C1. The minimum atomic E-state index is -3.67. The van der Waals surface area contributed by atoms with E-state index >= 15 is 0 Å². The molecular weight excluding hydrogens is 356 g/mol. The van der Waals surface area contributed by atoms with E-state index in [0.29, 0.717) is 28.9 Å². The van der Waals surface area contributed by atoms with Crippen LogP contribution in [-0.4, -0.2) is 25.7 Å². The Morgan fingerprint density at radius 1 is 1.52 bits per heavy atom. The molecule has 1 aliphatic carbocycles. The highest BCUT2D eigenvalue weighted by molar-refractivity contribution is 9.10. The van der Waals surface area contributed by atoms with Gasteiger partial charge in [-0.2, -0.15) is 0 Å². The molecule has 0 saturated heterocycles. The molecular formula is C14H21BrN2O3S. The van der Waals surface area contributed by atoms with E-state index in [-0.39, 0.29) is 11.4 Å². The third-order valence-corrected chi connectivity index (χ3v) is 6.06. The average molecular weight is 377 g/mol. The molecule has 21 heavy (non-hydrogen) atoms. The molecule has 0 spiro atoms. The van der Waals surface area contributed by atoms with Gasteiger partial charge < -0.3 is 10.8 Å². The van der Waals surface area contributed by atoms with E-state index < -0.39 is 15.6 Å². The summed E-state index contributed by atoms with van der Waals surface area (Å²) in [4.78, 5) is 0.107. The van der Waals surface area contributed by atoms with Crippen LogP contribution in [-0.2, 0) is 10.0 Å². The van der Waals surface area contributed by atoms with Gasteiger partial charge in [-0.3, -0.25) is 0 Å². The van der Waals surface area contributed by atoms with Crippen molar-refractivity contribution in [2.75, 3.05) is 12.3 Å². The molecule has 0 radical (unpaired) electrons. The lowest BCUT2D eigenvalue weighted by molar-refractivity contribution is -0.00751. The summed E-state index contributed by atoms with van der Waals surface area (Å²) in [6.45, 7) is 2.11. The fourth-order valence-electron chi connectivity index (χ4n) is 2.79. The zero-order chi connectivity index (χ0) is 15.7. The van der Waals surface area contributed by atoms with Crippen molar-refractivity contribution in [1.29, 1.82) is 0 Å². The monoisotopic (exact) mass is 376 g/mol. The van der Waals surface area contributed by atoms with Gasteiger partial charge in [-0.15, -0.1) is 0 Å². The van der Waals surface area contributed by atoms with Crippen molar-refractivity contribution in [3.63, 3.8) is 0 Å². The van der Waals surface area contributed by atoms with Crippen LogP contribution in [0.5, 0.6) is 0 Å². The van der Waals surface area contributed by atoms with Gasteiger partial charge in [0.25, 0.3) is 0 Å². The van der Waals surface area contributed by atoms with E-state index in [1.54, 1.807) is 6.07 Å². The largest absolute Gasteiger partial charge is 0.398 e. The molecule has 0 aliphatic heterocycles. The van der Waals surface area contributed by atoms with E-state index in [1.807, 2.05) is 0 Å². The van der Waals surface area contributed by atoms with Crippen molar-refractivity contribution in [2.45, 2.75) is 43.1 Å². The molecule has 2 rings (SSSR count). The first kappa shape index (κ1) is 16.7. The van der Waals surface area contributed by atoms with Crippen LogP contribution in [0.15, 0.2) is 27.6 Å². The van der Waals surface area contributed by atoms with Crippen LogP contribution >= 0.6 is 15.9 Å². The van der Waals surface area contributed by atoms with E-state index in [0.717, 1.165) is 12.8 Å². The fraction of sp³-hybridized carbons (Fsp3) is 0.571. The lowest BCUT2D eigenvalue weighted by Crippen LogP contribution is -2.45. The zero-order valence-electron chi connectivity index (χ0n) is 12.0. The van der Waals surface area contributed by atoms with E-state index in [2.05, 4.69) is 27.6 Å². The molecule has 0 aromatic heterocycles. The number of hydrogen-bond acceptors (Lipinski definition) is 4. The number of nitrogens with one attached hydrogen (secondary N) is 1. The Balaban J connectivity index is 2.09. The highest BCUT2D eigenvalue weighted by Gasteiger charge is 2.33. The standard InChI is InChI=1S/C14H21BrN2O3S/c1-10-3-2-6-14(18,8-10)9-17-21(19,20)11-4-5-12(15)13(16)7-11/h4-5,7,10,17-18H,2-3,6,8-9,16H2,1H3. The van der Waals surface area contributed by atoms with E-state index in [1.165, 1.54) is 12.1 Å². The Labute approximate surface area is 134 Å². The van der Waals surface area contributed by atoms with Gasteiger partial charge in [-0.05, 0) is 52.9 Å². The first-order valence-corrected chi connectivity index (χ1v) is 9.27. The lowest BCUT2D eigenvalue weighted by atomic mass is 9.79. The normalized spacial score (nSPS) is 26.7. The van der Waals surface area contributed by atoms with Gasteiger partial charge in [0.2, 0.25) is 10.0 Å². The first-order chi connectivity index (χ1) is 9.72. The summed E-state index contributed by atoms with van der Waals surface area (Å²) in [5, 5.41) is 10.5. The topological polar surface area (TPSA) is 92.4 Å². The summed E-state index contributed by atoms with van der Waals surface area (Å²) in [6.07, 6.45) is 3.25. The fourth-order valence-corrected chi connectivity index (χ4v) is 4.20. The van der Waals surface area contributed by atoms with Crippen molar-refractivity contribution in [1.82, 2.24) is 4.72 Å². The van der Waals surface area contributed by atoms with Crippen LogP contribution in [0.4, 0.5) is 5.69 Å². The third-order valence-electron chi connectivity index (χ3n) is 3.94. The summed E-state index contributed by atoms with van der Waals surface area (Å²) < 4.78 is 27.7. The van der Waals surface area contributed by atoms with Crippen molar-refractivity contribution >= 4 is 31.6 Å². The average Bonchev–Trinajstić information content (AvgIpc) is 2.40. The predicted octanol–water partition coefficient (Wildman–Crippen LogP) is 2.25. The van der Waals surface area contributed by atoms with Crippen LogP contribution in [0.25, 0.3) is 0 Å². The quantitative estimate of drug-likeness (QED) is 0.702. The Bertz CT molecular complexity index is 621. The maximum absolute atomic E-state index is 12.3. The molecule has 5 nitrogen and oxygen atoms in total. The molecule has 7 heteroatoms. The highest BCUT2D eigenvalue weighted by atomic mass is 79.9. The molecule has 0 amide bonds. The second-order valence-corrected chi connectivity index (χ2v) is 8.56. The number of anilines is 1. The predicted molar refractivity (Wildman–Crippen MR) is 86.3 cm³/mol. The Kier molecular flexibility index (Phi) is 4.97. The third kappa shape index (κ3) is 4.18. The minimum Gasteiger partial charge on any atom is -0.398 e. The summed E-state index contributed by atoms with van der Waals surface area (Å²) in [6, 6.07) is 4.48. The van der Waals surface area contributed by atoms with Crippen LogP contribution in [0.2, 0.25) is 0 Å². The summed E-state index contributed by atoms with van der Waals surface area (Å²) >= 11 is 3.23. The van der Waals surface area contributed by atoms with Crippen LogP contribution in [0.1, 0.15) is 32.6 Å². The molecule has 118 valence electrons. The van der Waals surface area contributed by atoms with Gasteiger partial charge in [0, 0.05) is 16.7 Å². The molecule has 1 fully saturated rings. The first-order valence-electron chi connectivity index (χ1n) is 6.99. The lowest BCUT2D eigenvalue weighted by Gasteiger charge is -2.35. The second kappa shape index (κ2) is 6.24. The summed E-state index contributed by atoms with van der Waals surface area (Å²) in [7, 11) is -3.67. The van der Waals surface area contributed by atoms with Crippen molar-refractivity contribution in [2.24, 2.45) is 5.92 Å². The molecule has 2 atom stereocenters. The van der Waals surface area contributed by atoms with Gasteiger partial charge in [-0.25, -0.2) is 13.1 Å². The second-order valence-electron chi connectivity index (χ2n) is 5.93.